The van der Waals surface area contributed by atoms with Crippen LogP contribution >= 0.6 is 11.6 Å². The summed E-state index contributed by atoms with van der Waals surface area (Å²) in [6, 6.07) is 6.11. The molecule has 0 bridgehead atoms. The monoisotopic (exact) mass is 253 g/mol. The molecular formula is C14H20ClNO. The predicted molar refractivity (Wildman–Crippen MR) is 71.5 cm³/mol. The fourth-order valence-corrected chi connectivity index (χ4v) is 2.68. The van der Waals surface area contributed by atoms with Crippen LogP contribution in [0, 0.1) is 5.92 Å². The Morgan fingerprint density at radius 3 is 3.00 bits per heavy atom. The van der Waals surface area contributed by atoms with E-state index in [2.05, 4.69) is 17.4 Å². The highest BCUT2D eigenvalue weighted by molar-refractivity contribution is 6.30. The summed E-state index contributed by atoms with van der Waals surface area (Å²) >= 11 is 6.08. The van der Waals surface area contributed by atoms with Crippen molar-refractivity contribution in [3.63, 3.8) is 0 Å². The smallest absolute Gasteiger partial charge is 0.0715 e. The molecule has 3 heteroatoms. The summed E-state index contributed by atoms with van der Waals surface area (Å²) in [5.41, 5.74) is 2.61. The first-order valence-corrected chi connectivity index (χ1v) is 6.64. The van der Waals surface area contributed by atoms with Crippen LogP contribution in [0.1, 0.15) is 24.0 Å². The Labute approximate surface area is 108 Å². The first kappa shape index (κ1) is 12.9. The van der Waals surface area contributed by atoms with Gasteiger partial charge in [0.1, 0.15) is 0 Å². The van der Waals surface area contributed by atoms with E-state index in [4.69, 9.17) is 16.3 Å². The van der Waals surface area contributed by atoms with Gasteiger partial charge in [0.25, 0.3) is 0 Å². The van der Waals surface area contributed by atoms with E-state index in [1.165, 1.54) is 24.0 Å². The third kappa shape index (κ3) is 3.70. The molecule has 1 heterocycles. The third-order valence-corrected chi connectivity index (χ3v) is 3.61. The van der Waals surface area contributed by atoms with Gasteiger partial charge in [0, 0.05) is 12.1 Å². The molecule has 0 saturated carbocycles. The van der Waals surface area contributed by atoms with Crippen LogP contribution < -0.4 is 5.32 Å². The molecule has 1 aromatic rings. The topological polar surface area (TPSA) is 21.3 Å². The van der Waals surface area contributed by atoms with Gasteiger partial charge in [-0.3, -0.25) is 0 Å². The van der Waals surface area contributed by atoms with Crippen molar-refractivity contribution >= 4 is 11.6 Å². The summed E-state index contributed by atoms with van der Waals surface area (Å²) in [7, 11) is 1.74. The minimum Gasteiger partial charge on any atom is -0.380 e. The van der Waals surface area contributed by atoms with Gasteiger partial charge in [-0.15, -0.1) is 0 Å². The molecule has 1 aromatic carbocycles. The normalized spacial score (nSPS) is 20.5. The van der Waals surface area contributed by atoms with Crippen LogP contribution in [-0.4, -0.2) is 20.2 Å². The van der Waals surface area contributed by atoms with E-state index >= 15 is 0 Å². The lowest BCUT2D eigenvalue weighted by molar-refractivity contribution is 0.183. The van der Waals surface area contributed by atoms with E-state index in [1.54, 1.807) is 7.11 Å². The Bertz CT molecular complexity index is 361. The van der Waals surface area contributed by atoms with Crippen LogP contribution in [0.2, 0.25) is 5.02 Å². The van der Waals surface area contributed by atoms with Gasteiger partial charge >= 0.3 is 0 Å². The highest BCUT2D eigenvalue weighted by Crippen LogP contribution is 2.23. The van der Waals surface area contributed by atoms with E-state index in [9.17, 15) is 0 Å². The number of ether oxygens (including phenoxy) is 1. The van der Waals surface area contributed by atoms with Crippen LogP contribution in [-0.2, 0) is 17.8 Å². The van der Waals surface area contributed by atoms with Crippen LogP contribution in [0.25, 0.3) is 0 Å². The molecule has 2 nitrogen and oxygen atoms in total. The minimum absolute atomic E-state index is 0.673. The molecule has 0 aromatic heterocycles. The van der Waals surface area contributed by atoms with Gasteiger partial charge in [0.05, 0.1) is 6.61 Å². The van der Waals surface area contributed by atoms with Crippen LogP contribution in [0.3, 0.4) is 0 Å². The Kier molecular flexibility index (Phi) is 4.84. The molecule has 1 atom stereocenters. The number of benzene rings is 1. The van der Waals surface area contributed by atoms with Crippen molar-refractivity contribution in [2.45, 2.75) is 25.9 Å². The van der Waals surface area contributed by atoms with E-state index in [1.807, 2.05) is 6.07 Å². The summed E-state index contributed by atoms with van der Waals surface area (Å²) in [4.78, 5) is 0. The molecular weight excluding hydrogens is 234 g/mol. The van der Waals surface area contributed by atoms with Crippen LogP contribution in [0.15, 0.2) is 18.2 Å². The summed E-state index contributed by atoms with van der Waals surface area (Å²) in [5.74, 6) is 0.734. The van der Waals surface area contributed by atoms with Gasteiger partial charge in [0.15, 0.2) is 0 Å². The largest absolute Gasteiger partial charge is 0.380 e. The van der Waals surface area contributed by atoms with Gasteiger partial charge in [-0.05, 0) is 61.5 Å². The number of hydrogen-bond donors (Lipinski definition) is 1. The Hall–Kier alpha value is -0.570. The zero-order valence-corrected chi connectivity index (χ0v) is 11.1. The molecule has 0 amide bonds. The van der Waals surface area contributed by atoms with Crippen molar-refractivity contribution in [3.05, 3.63) is 34.3 Å². The molecule has 0 spiro atoms. The van der Waals surface area contributed by atoms with Gasteiger partial charge in [-0.2, -0.15) is 0 Å². The average molecular weight is 254 g/mol. The number of nitrogens with one attached hydrogen (secondary N) is 1. The Balaban J connectivity index is 2.08. The molecule has 1 N–H and O–H groups in total. The maximum Gasteiger partial charge on any atom is 0.0715 e. The first-order valence-electron chi connectivity index (χ1n) is 6.26. The lowest BCUT2D eigenvalue weighted by atomic mass is 9.90. The molecule has 1 fully saturated rings. The van der Waals surface area contributed by atoms with E-state index in [-0.39, 0.29) is 0 Å². The molecule has 2 rings (SSSR count). The molecule has 17 heavy (non-hydrogen) atoms. The van der Waals surface area contributed by atoms with Gasteiger partial charge < -0.3 is 10.1 Å². The Morgan fingerprint density at radius 2 is 2.29 bits per heavy atom. The summed E-state index contributed by atoms with van der Waals surface area (Å²) in [6.45, 7) is 2.96. The lowest BCUT2D eigenvalue weighted by Gasteiger charge is -2.23. The van der Waals surface area contributed by atoms with E-state index in [0.717, 1.165) is 30.5 Å². The zero-order chi connectivity index (χ0) is 12.1. The van der Waals surface area contributed by atoms with Crippen molar-refractivity contribution in [3.8, 4) is 0 Å². The molecule has 1 unspecified atom stereocenters. The fourth-order valence-electron chi connectivity index (χ4n) is 2.49. The third-order valence-electron chi connectivity index (χ3n) is 3.38. The number of piperidine rings is 1. The van der Waals surface area contributed by atoms with Crippen molar-refractivity contribution < 1.29 is 4.74 Å². The summed E-state index contributed by atoms with van der Waals surface area (Å²) < 4.78 is 5.24. The standard InChI is InChI=1S/C14H20ClNO/c1-17-10-12-4-5-14(15)8-13(12)7-11-3-2-6-16-9-11/h4-5,8,11,16H,2-3,6-7,9-10H2,1H3. The van der Waals surface area contributed by atoms with Crippen LogP contribution in [0.5, 0.6) is 0 Å². The van der Waals surface area contributed by atoms with Gasteiger partial charge in [0.2, 0.25) is 0 Å². The zero-order valence-electron chi connectivity index (χ0n) is 10.3. The van der Waals surface area contributed by atoms with Gasteiger partial charge in [-0.25, -0.2) is 0 Å². The number of rotatable bonds is 4. The second-order valence-corrected chi connectivity index (χ2v) is 5.20. The van der Waals surface area contributed by atoms with Crippen LogP contribution in [0.4, 0.5) is 0 Å². The summed E-state index contributed by atoms with van der Waals surface area (Å²) in [6.07, 6.45) is 3.70. The van der Waals surface area contributed by atoms with E-state index < -0.39 is 0 Å². The maximum absolute atomic E-state index is 6.08. The maximum atomic E-state index is 6.08. The summed E-state index contributed by atoms with van der Waals surface area (Å²) in [5, 5.41) is 4.28. The van der Waals surface area contributed by atoms with Crippen molar-refractivity contribution in [1.82, 2.24) is 5.32 Å². The molecule has 1 aliphatic rings. The Morgan fingerprint density at radius 1 is 1.41 bits per heavy atom. The first-order chi connectivity index (χ1) is 8.29. The minimum atomic E-state index is 0.673. The number of halogens is 1. The molecule has 94 valence electrons. The number of methoxy groups -OCH3 is 1. The SMILES string of the molecule is COCc1ccc(Cl)cc1CC1CCCNC1. The number of hydrogen-bond acceptors (Lipinski definition) is 2. The van der Waals surface area contributed by atoms with Crippen molar-refractivity contribution in [1.29, 1.82) is 0 Å². The van der Waals surface area contributed by atoms with E-state index in [0.29, 0.717) is 6.61 Å². The highest BCUT2D eigenvalue weighted by atomic mass is 35.5. The van der Waals surface area contributed by atoms with Gasteiger partial charge in [-0.1, -0.05) is 17.7 Å². The molecule has 0 aliphatic carbocycles. The molecule has 1 aliphatic heterocycles. The quantitative estimate of drug-likeness (QED) is 0.891. The molecule has 0 radical (unpaired) electrons. The molecule has 1 saturated heterocycles. The van der Waals surface area contributed by atoms with Crippen molar-refractivity contribution in [2.24, 2.45) is 5.92 Å². The fraction of sp³-hybridized carbons (Fsp3) is 0.571. The lowest BCUT2D eigenvalue weighted by Crippen LogP contribution is -2.31. The van der Waals surface area contributed by atoms with Crippen molar-refractivity contribution in [2.75, 3.05) is 20.2 Å². The second-order valence-electron chi connectivity index (χ2n) is 4.76. The second kappa shape index (κ2) is 6.39. The average Bonchev–Trinajstić information content (AvgIpc) is 2.34. The predicted octanol–water partition coefficient (Wildman–Crippen LogP) is 3.03. The highest BCUT2D eigenvalue weighted by Gasteiger charge is 2.15.